The number of carboxylic acids is 1. The molecule has 1 amide bonds. The Kier molecular flexibility index (Phi) is 7.20. The number of nitrogens with one attached hydrogen (secondary N) is 1. The third-order valence-corrected chi connectivity index (χ3v) is 6.99. The van der Waals surface area contributed by atoms with Gasteiger partial charge in [-0.2, -0.15) is 12.7 Å². The molecule has 2 aliphatic heterocycles. The van der Waals surface area contributed by atoms with E-state index in [4.69, 9.17) is 14.2 Å². The van der Waals surface area contributed by atoms with E-state index in [0.717, 1.165) is 4.31 Å². The minimum Gasteiger partial charge on any atom is -0.488 e. The fraction of sp³-hybridized carbons (Fsp3) is 0.417. The zero-order valence-electron chi connectivity index (χ0n) is 20.5. The van der Waals surface area contributed by atoms with E-state index in [1.54, 1.807) is 20.8 Å². The summed E-state index contributed by atoms with van der Waals surface area (Å²) in [7, 11) is -4.04. The molecular formula is C24H28FN3O8S. The lowest BCUT2D eigenvalue weighted by molar-refractivity contribution is -0.0221. The first kappa shape index (κ1) is 26.5. The van der Waals surface area contributed by atoms with Crippen molar-refractivity contribution in [1.29, 1.82) is 0 Å². The number of hydrogen-bond acceptors (Lipinski definition) is 7. The molecule has 0 spiro atoms. The summed E-state index contributed by atoms with van der Waals surface area (Å²) in [5.41, 5.74) is -1.02. The van der Waals surface area contributed by atoms with E-state index in [-0.39, 0.29) is 49.3 Å². The molecular weight excluding hydrogens is 509 g/mol. The van der Waals surface area contributed by atoms with Gasteiger partial charge in [-0.25, -0.2) is 14.0 Å². The standard InChI is InChI=1S/C24H28FN3O8S/c1-24(2,3)36-23(31)27-11-18(12-27)35-17-8-9-21(20(10-17)22(29)30)26-37(32,33)28-13-19(14-28)34-16-6-4-15(25)5-7-16/h4-10,18-19,26H,11-14H2,1-3H3,(H,29,30). The highest BCUT2D eigenvalue weighted by atomic mass is 32.2. The quantitative estimate of drug-likeness (QED) is 0.525. The summed E-state index contributed by atoms with van der Waals surface area (Å²) in [6.45, 7) is 5.96. The van der Waals surface area contributed by atoms with Crippen LogP contribution in [0.25, 0.3) is 0 Å². The predicted octanol–water partition coefficient (Wildman–Crippen LogP) is 2.94. The van der Waals surface area contributed by atoms with Gasteiger partial charge in [-0.1, -0.05) is 0 Å². The molecule has 2 saturated heterocycles. The number of nitrogens with zero attached hydrogens (tertiary/aromatic N) is 2. The van der Waals surface area contributed by atoms with Crippen molar-refractivity contribution in [3.63, 3.8) is 0 Å². The second-order valence-corrected chi connectivity index (χ2v) is 11.4. The van der Waals surface area contributed by atoms with Gasteiger partial charge in [0.2, 0.25) is 0 Å². The van der Waals surface area contributed by atoms with Crippen molar-refractivity contribution < 1.29 is 41.7 Å². The SMILES string of the molecule is CC(C)(C)OC(=O)N1CC(Oc2ccc(NS(=O)(=O)N3CC(Oc4ccc(F)cc4)C3)c(C(=O)O)c2)C1. The number of ether oxygens (including phenoxy) is 3. The summed E-state index contributed by atoms with van der Waals surface area (Å²) in [6.07, 6.45) is -1.23. The number of benzene rings is 2. The molecule has 2 aromatic rings. The van der Waals surface area contributed by atoms with Gasteiger partial charge < -0.3 is 24.2 Å². The fourth-order valence-corrected chi connectivity index (χ4v) is 4.93. The Bertz CT molecular complexity index is 1270. The number of rotatable bonds is 8. The molecule has 0 bridgehead atoms. The Hall–Kier alpha value is -3.58. The molecule has 0 aliphatic carbocycles. The maximum absolute atomic E-state index is 13.0. The molecule has 0 atom stereocenters. The molecule has 4 rings (SSSR count). The summed E-state index contributed by atoms with van der Waals surface area (Å²) < 4.78 is 58.6. The fourth-order valence-electron chi connectivity index (χ4n) is 3.62. The molecule has 200 valence electrons. The Morgan fingerprint density at radius 1 is 0.973 bits per heavy atom. The zero-order valence-corrected chi connectivity index (χ0v) is 21.3. The lowest BCUT2D eigenvalue weighted by Crippen LogP contribution is -2.57. The molecule has 11 nitrogen and oxygen atoms in total. The molecule has 0 aromatic heterocycles. The van der Waals surface area contributed by atoms with Gasteiger partial charge in [0.05, 0.1) is 37.4 Å². The van der Waals surface area contributed by atoms with Crippen LogP contribution in [-0.4, -0.2) is 78.8 Å². The van der Waals surface area contributed by atoms with Crippen LogP contribution in [-0.2, 0) is 14.9 Å². The highest BCUT2D eigenvalue weighted by Crippen LogP contribution is 2.28. The van der Waals surface area contributed by atoms with Crippen LogP contribution in [0.15, 0.2) is 42.5 Å². The average Bonchev–Trinajstić information content (AvgIpc) is 2.73. The molecule has 2 aromatic carbocycles. The van der Waals surface area contributed by atoms with Crippen molar-refractivity contribution in [3.8, 4) is 11.5 Å². The van der Waals surface area contributed by atoms with Gasteiger partial charge in [-0.05, 0) is 63.2 Å². The Balaban J connectivity index is 1.32. The number of carbonyl (C=O) groups is 2. The second kappa shape index (κ2) is 10.1. The van der Waals surface area contributed by atoms with Gasteiger partial charge in [0.15, 0.2) is 0 Å². The predicted molar refractivity (Wildman–Crippen MR) is 131 cm³/mol. The average molecular weight is 538 g/mol. The number of halogens is 1. The molecule has 2 aliphatic rings. The first-order valence-corrected chi connectivity index (χ1v) is 12.9. The molecule has 0 saturated carbocycles. The number of hydrogen-bond donors (Lipinski definition) is 2. The van der Waals surface area contributed by atoms with Crippen molar-refractivity contribution in [3.05, 3.63) is 53.8 Å². The zero-order chi connectivity index (χ0) is 27.0. The molecule has 2 N–H and O–H groups in total. The summed E-state index contributed by atoms with van der Waals surface area (Å²) in [5.74, 6) is -1.10. The topological polar surface area (TPSA) is 135 Å². The molecule has 37 heavy (non-hydrogen) atoms. The van der Waals surface area contributed by atoms with Crippen LogP contribution in [0.5, 0.6) is 11.5 Å². The van der Waals surface area contributed by atoms with Gasteiger partial charge in [0, 0.05) is 0 Å². The van der Waals surface area contributed by atoms with E-state index in [2.05, 4.69) is 4.72 Å². The first-order chi connectivity index (χ1) is 17.3. The Morgan fingerprint density at radius 2 is 1.54 bits per heavy atom. The molecule has 0 unspecified atom stereocenters. The van der Waals surface area contributed by atoms with E-state index in [1.165, 1.54) is 47.4 Å². The summed E-state index contributed by atoms with van der Waals surface area (Å²) in [6, 6.07) is 9.38. The van der Waals surface area contributed by atoms with Gasteiger partial charge in [-0.3, -0.25) is 4.72 Å². The normalized spacial score (nSPS) is 16.9. The Morgan fingerprint density at radius 3 is 2.14 bits per heavy atom. The third-order valence-electron chi connectivity index (χ3n) is 5.53. The molecule has 13 heteroatoms. The summed E-state index contributed by atoms with van der Waals surface area (Å²) in [4.78, 5) is 25.3. The first-order valence-electron chi connectivity index (χ1n) is 11.5. The van der Waals surface area contributed by atoms with E-state index >= 15 is 0 Å². The Labute approximate surface area is 213 Å². The number of aromatic carboxylic acids is 1. The summed E-state index contributed by atoms with van der Waals surface area (Å²) in [5, 5.41) is 9.63. The van der Waals surface area contributed by atoms with Gasteiger partial charge in [0.1, 0.15) is 35.1 Å². The van der Waals surface area contributed by atoms with Crippen LogP contribution in [0.2, 0.25) is 0 Å². The third kappa shape index (κ3) is 6.60. The van der Waals surface area contributed by atoms with E-state index < -0.39 is 39.8 Å². The second-order valence-electron chi connectivity index (χ2n) is 9.76. The van der Waals surface area contributed by atoms with E-state index in [0.29, 0.717) is 5.75 Å². The molecule has 0 radical (unpaired) electrons. The number of carboxylic acid groups (broad SMARTS) is 1. The number of anilines is 1. The highest BCUT2D eigenvalue weighted by molar-refractivity contribution is 7.90. The van der Waals surface area contributed by atoms with Crippen molar-refractivity contribution in [2.24, 2.45) is 0 Å². The van der Waals surface area contributed by atoms with Crippen molar-refractivity contribution >= 4 is 28.0 Å². The lowest BCUT2D eigenvalue weighted by atomic mass is 10.1. The molecule has 2 fully saturated rings. The van der Waals surface area contributed by atoms with Crippen LogP contribution >= 0.6 is 0 Å². The van der Waals surface area contributed by atoms with Crippen molar-refractivity contribution in [1.82, 2.24) is 9.21 Å². The maximum Gasteiger partial charge on any atom is 0.410 e. The van der Waals surface area contributed by atoms with Gasteiger partial charge in [0.25, 0.3) is 0 Å². The number of likely N-dealkylation sites (tertiary alicyclic amines) is 1. The smallest absolute Gasteiger partial charge is 0.410 e. The maximum atomic E-state index is 13.0. The summed E-state index contributed by atoms with van der Waals surface area (Å²) >= 11 is 0. The van der Waals surface area contributed by atoms with E-state index in [9.17, 15) is 27.5 Å². The van der Waals surface area contributed by atoms with Crippen LogP contribution in [0, 0.1) is 5.82 Å². The van der Waals surface area contributed by atoms with Crippen LogP contribution < -0.4 is 14.2 Å². The minimum absolute atomic E-state index is 0.0478. The number of carbonyl (C=O) groups excluding carboxylic acids is 1. The molecule has 2 heterocycles. The van der Waals surface area contributed by atoms with Crippen molar-refractivity contribution in [2.75, 3.05) is 30.9 Å². The monoisotopic (exact) mass is 537 g/mol. The minimum atomic E-state index is -4.04. The van der Waals surface area contributed by atoms with Gasteiger partial charge in [-0.15, -0.1) is 0 Å². The largest absolute Gasteiger partial charge is 0.488 e. The van der Waals surface area contributed by atoms with E-state index in [1.807, 2.05) is 0 Å². The van der Waals surface area contributed by atoms with Crippen LogP contribution in [0.4, 0.5) is 14.9 Å². The number of amides is 1. The highest BCUT2D eigenvalue weighted by Gasteiger charge is 2.38. The van der Waals surface area contributed by atoms with Gasteiger partial charge >= 0.3 is 22.3 Å². The lowest BCUT2D eigenvalue weighted by Gasteiger charge is -2.39. The van der Waals surface area contributed by atoms with Crippen LogP contribution in [0.3, 0.4) is 0 Å². The van der Waals surface area contributed by atoms with Crippen LogP contribution in [0.1, 0.15) is 31.1 Å². The van der Waals surface area contributed by atoms with Crippen molar-refractivity contribution in [2.45, 2.75) is 38.6 Å².